The van der Waals surface area contributed by atoms with Crippen LogP contribution in [-0.2, 0) is 10.0 Å². The van der Waals surface area contributed by atoms with Crippen LogP contribution in [0.5, 0.6) is 0 Å². The molecule has 2 aromatic heterocycles. The summed E-state index contributed by atoms with van der Waals surface area (Å²) in [6, 6.07) is 3.29. The van der Waals surface area contributed by atoms with Gasteiger partial charge in [-0.3, -0.25) is 0 Å². The smallest absolute Gasteiger partial charge is 0.242 e. The molecule has 0 aliphatic carbocycles. The normalized spacial score (nSPS) is 13.6. The van der Waals surface area contributed by atoms with Gasteiger partial charge in [-0.2, -0.15) is 11.3 Å². The summed E-state index contributed by atoms with van der Waals surface area (Å²) in [5, 5.41) is 13.5. The summed E-state index contributed by atoms with van der Waals surface area (Å²) in [6.07, 6.45) is -0.845. The largest absolute Gasteiger partial charge is 0.387 e. The third-order valence-electron chi connectivity index (χ3n) is 2.31. The summed E-state index contributed by atoms with van der Waals surface area (Å²) in [5.41, 5.74) is 0.707. The van der Waals surface area contributed by atoms with Crippen molar-refractivity contribution in [3.8, 4) is 0 Å². The van der Waals surface area contributed by atoms with Crippen LogP contribution in [-0.4, -0.2) is 20.1 Å². The van der Waals surface area contributed by atoms with Crippen LogP contribution in [0.4, 0.5) is 0 Å². The molecule has 0 amide bonds. The fourth-order valence-corrected chi connectivity index (χ4v) is 6.91. The zero-order valence-corrected chi connectivity index (χ0v) is 15.0. The fourth-order valence-electron chi connectivity index (χ4n) is 1.36. The Balaban J connectivity index is 2.08. The van der Waals surface area contributed by atoms with Crippen molar-refractivity contribution in [3.63, 3.8) is 0 Å². The van der Waals surface area contributed by atoms with Crippen molar-refractivity contribution < 1.29 is 13.5 Å². The molecule has 9 heteroatoms. The molecule has 0 saturated carbocycles. The second kappa shape index (κ2) is 6.33. The van der Waals surface area contributed by atoms with Gasteiger partial charge >= 0.3 is 0 Å². The van der Waals surface area contributed by atoms with Gasteiger partial charge in [0, 0.05) is 6.54 Å². The minimum absolute atomic E-state index is 0.0566. The van der Waals surface area contributed by atoms with Crippen LogP contribution in [0.25, 0.3) is 0 Å². The van der Waals surface area contributed by atoms with E-state index in [1.807, 2.05) is 5.38 Å². The van der Waals surface area contributed by atoms with Crippen LogP contribution >= 0.6 is 54.5 Å². The first kappa shape index (κ1) is 15.6. The Morgan fingerprint density at radius 1 is 1.42 bits per heavy atom. The number of hydrogen-bond donors (Lipinski definition) is 2. The van der Waals surface area contributed by atoms with Gasteiger partial charge in [0.25, 0.3) is 0 Å². The highest BCUT2D eigenvalue weighted by Crippen LogP contribution is 2.34. The Morgan fingerprint density at radius 3 is 2.68 bits per heavy atom. The Hall–Kier alpha value is 0.230. The van der Waals surface area contributed by atoms with Gasteiger partial charge in [-0.05, 0) is 60.3 Å². The predicted octanol–water partition coefficient (Wildman–Crippen LogP) is 3.35. The fraction of sp³-hybridized carbons (Fsp3) is 0.200. The molecule has 0 bridgehead atoms. The zero-order chi connectivity index (χ0) is 14.0. The van der Waals surface area contributed by atoms with E-state index in [2.05, 4.69) is 36.6 Å². The number of aliphatic hydroxyl groups is 1. The van der Waals surface area contributed by atoms with E-state index in [9.17, 15) is 13.5 Å². The summed E-state index contributed by atoms with van der Waals surface area (Å²) < 4.78 is 27.8. The molecule has 1 atom stereocenters. The molecule has 0 fully saturated rings. The van der Waals surface area contributed by atoms with Gasteiger partial charge in [-0.1, -0.05) is 0 Å². The highest BCUT2D eigenvalue weighted by molar-refractivity contribution is 9.12. The van der Waals surface area contributed by atoms with Gasteiger partial charge in [0.2, 0.25) is 10.0 Å². The van der Waals surface area contributed by atoms with E-state index in [0.717, 1.165) is 3.79 Å². The lowest BCUT2D eigenvalue weighted by atomic mass is 10.2. The van der Waals surface area contributed by atoms with E-state index in [0.29, 0.717) is 9.35 Å². The molecule has 4 nitrogen and oxygen atoms in total. The highest BCUT2D eigenvalue weighted by atomic mass is 79.9. The number of aliphatic hydroxyl groups excluding tert-OH is 1. The quantitative estimate of drug-likeness (QED) is 0.739. The van der Waals surface area contributed by atoms with Crippen molar-refractivity contribution in [1.82, 2.24) is 4.72 Å². The minimum Gasteiger partial charge on any atom is -0.387 e. The Kier molecular flexibility index (Phi) is 5.21. The number of rotatable bonds is 5. The molecule has 2 rings (SSSR count). The van der Waals surface area contributed by atoms with Crippen molar-refractivity contribution >= 4 is 64.6 Å². The lowest BCUT2D eigenvalue weighted by molar-refractivity contribution is 0.182. The molecule has 2 N–H and O–H groups in total. The molecule has 19 heavy (non-hydrogen) atoms. The van der Waals surface area contributed by atoms with Crippen molar-refractivity contribution in [2.24, 2.45) is 0 Å². The Bertz CT molecular complexity index is 652. The van der Waals surface area contributed by atoms with E-state index in [4.69, 9.17) is 0 Å². The number of sulfonamides is 1. The SMILES string of the molecule is O=S(=O)(NCC(O)c1ccsc1)c1cc(Br)sc1Br. The zero-order valence-electron chi connectivity index (χ0n) is 9.34. The van der Waals surface area contributed by atoms with Gasteiger partial charge in [0.1, 0.15) is 4.90 Å². The molecule has 0 spiro atoms. The maximum Gasteiger partial charge on any atom is 0.242 e. The van der Waals surface area contributed by atoms with Crippen LogP contribution in [0.1, 0.15) is 11.7 Å². The maximum atomic E-state index is 12.1. The average Bonchev–Trinajstić information content (AvgIpc) is 2.96. The Labute approximate surface area is 135 Å². The van der Waals surface area contributed by atoms with Crippen LogP contribution in [0.3, 0.4) is 0 Å². The number of nitrogens with one attached hydrogen (secondary N) is 1. The van der Waals surface area contributed by atoms with E-state index in [-0.39, 0.29) is 11.4 Å². The predicted molar refractivity (Wildman–Crippen MR) is 84.2 cm³/mol. The number of halogens is 2. The van der Waals surface area contributed by atoms with Crippen molar-refractivity contribution in [1.29, 1.82) is 0 Å². The second-order valence-electron chi connectivity index (χ2n) is 3.61. The van der Waals surface area contributed by atoms with E-state index in [1.165, 1.54) is 28.7 Å². The molecule has 2 heterocycles. The summed E-state index contributed by atoms with van der Waals surface area (Å²) in [5.74, 6) is 0. The average molecular weight is 447 g/mol. The first-order valence-electron chi connectivity index (χ1n) is 5.05. The third kappa shape index (κ3) is 3.87. The second-order valence-corrected chi connectivity index (χ2v) is 9.88. The first-order valence-corrected chi connectivity index (χ1v) is 9.87. The van der Waals surface area contributed by atoms with Crippen molar-refractivity contribution in [2.45, 2.75) is 11.0 Å². The number of hydrogen-bond acceptors (Lipinski definition) is 5. The third-order valence-corrected chi connectivity index (χ3v) is 7.19. The van der Waals surface area contributed by atoms with Crippen molar-refractivity contribution in [3.05, 3.63) is 36.0 Å². The Morgan fingerprint density at radius 2 is 2.16 bits per heavy atom. The van der Waals surface area contributed by atoms with E-state index < -0.39 is 16.1 Å². The summed E-state index contributed by atoms with van der Waals surface area (Å²) >= 11 is 9.18. The number of thiophene rings is 2. The van der Waals surface area contributed by atoms with Gasteiger partial charge in [-0.25, -0.2) is 13.1 Å². The molecule has 0 radical (unpaired) electrons. The highest BCUT2D eigenvalue weighted by Gasteiger charge is 2.21. The van der Waals surface area contributed by atoms with Crippen molar-refractivity contribution in [2.75, 3.05) is 6.54 Å². The monoisotopic (exact) mass is 445 g/mol. The first-order chi connectivity index (χ1) is 8.90. The van der Waals surface area contributed by atoms with Crippen LogP contribution in [0, 0.1) is 0 Å². The maximum absolute atomic E-state index is 12.1. The molecule has 1 unspecified atom stereocenters. The molecule has 0 saturated heterocycles. The lowest BCUT2D eigenvalue weighted by Gasteiger charge is -2.10. The molecule has 0 aromatic carbocycles. The molecule has 104 valence electrons. The minimum atomic E-state index is -3.63. The topological polar surface area (TPSA) is 66.4 Å². The molecule has 0 aliphatic heterocycles. The molecular formula is C10H9Br2NO3S3. The lowest BCUT2D eigenvalue weighted by Crippen LogP contribution is -2.28. The van der Waals surface area contributed by atoms with Gasteiger partial charge in [0.15, 0.2) is 0 Å². The summed E-state index contributed by atoms with van der Waals surface area (Å²) in [7, 11) is -3.63. The van der Waals surface area contributed by atoms with Gasteiger partial charge < -0.3 is 5.11 Å². The molecule has 0 aliphatic rings. The molecule has 2 aromatic rings. The van der Waals surface area contributed by atoms with E-state index >= 15 is 0 Å². The van der Waals surface area contributed by atoms with Crippen LogP contribution < -0.4 is 4.72 Å². The van der Waals surface area contributed by atoms with Gasteiger partial charge in [-0.15, -0.1) is 11.3 Å². The summed E-state index contributed by atoms with van der Waals surface area (Å²) in [6.45, 7) is -0.0566. The molecular weight excluding hydrogens is 438 g/mol. The van der Waals surface area contributed by atoms with Gasteiger partial charge in [0.05, 0.1) is 13.7 Å². The van der Waals surface area contributed by atoms with Crippen LogP contribution in [0.15, 0.2) is 35.4 Å². The standard InChI is InChI=1S/C10H9Br2NO3S3/c11-9-3-8(10(12)18-9)19(15,16)13-4-7(14)6-1-2-17-5-6/h1-3,5,7,13-14H,4H2. The summed E-state index contributed by atoms with van der Waals surface area (Å²) in [4.78, 5) is 0.168. The van der Waals surface area contributed by atoms with E-state index in [1.54, 1.807) is 11.4 Å². The van der Waals surface area contributed by atoms with Crippen LogP contribution in [0.2, 0.25) is 0 Å².